The van der Waals surface area contributed by atoms with Crippen molar-refractivity contribution in [2.24, 2.45) is 0 Å². The number of carbonyl (C=O) groups excluding carboxylic acids is 1. The number of benzene rings is 3. The first-order valence-corrected chi connectivity index (χ1v) is 14.4. The van der Waals surface area contributed by atoms with Gasteiger partial charge in [-0.25, -0.2) is 9.37 Å². The molecule has 1 aliphatic heterocycles. The van der Waals surface area contributed by atoms with Gasteiger partial charge in [-0.3, -0.25) is 4.79 Å². The van der Waals surface area contributed by atoms with Gasteiger partial charge in [-0.1, -0.05) is 47.5 Å². The molecular formula is C31H24Cl2FN7O. The Morgan fingerprint density at radius 2 is 1.79 bits per heavy atom. The summed E-state index contributed by atoms with van der Waals surface area (Å²) in [7, 11) is 0. The van der Waals surface area contributed by atoms with Crippen molar-refractivity contribution < 1.29 is 9.18 Å². The molecule has 1 fully saturated rings. The molecule has 2 aliphatic rings. The number of tetrazole rings is 1. The second-order valence-electron chi connectivity index (χ2n) is 10.3. The van der Waals surface area contributed by atoms with Gasteiger partial charge in [0.15, 0.2) is 0 Å². The van der Waals surface area contributed by atoms with Crippen LogP contribution in [0.25, 0.3) is 33.9 Å². The summed E-state index contributed by atoms with van der Waals surface area (Å²) >= 11 is 13.0. The average Bonchev–Trinajstić information content (AvgIpc) is 3.68. The maximum Gasteiger partial charge on any atom is 0.255 e. The maximum atomic E-state index is 14.6. The number of halogens is 3. The molecule has 2 aromatic heterocycles. The van der Waals surface area contributed by atoms with E-state index < -0.39 is 0 Å². The highest BCUT2D eigenvalue weighted by Gasteiger charge is 2.31. The number of carbonyl (C=O) groups is 1. The number of hydrogen-bond donors (Lipinski definition) is 1. The summed E-state index contributed by atoms with van der Waals surface area (Å²) in [6, 6.07) is 18.0. The Morgan fingerprint density at radius 3 is 2.55 bits per heavy atom. The van der Waals surface area contributed by atoms with E-state index in [-0.39, 0.29) is 11.7 Å². The van der Waals surface area contributed by atoms with Gasteiger partial charge in [0.25, 0.3) is 5.91 Å². The zero-order valence-corrected chi connectivity index (χ0v) is 23.8. The zero-order valence-electron chi connectivity index (χ0n) is 22.3. The lowest BCUT2D eigenvalue weighted by Crippen LogP contribution is -2.49. The monoisotopic (exact) mass is 599 g/mol. The molecule has 0 bridgehead atoms. The van der Waals surface area contributed by atoms with Gasteiger partial charge in [0.1, 0.15) is 5.82 Å². The van der Waals surface area contributed by atoms with Crippen molar-refractivity contribution in [3.05, 3.63) is 98.9 Å². The molecule has 210 valence electrons. The quantitative estimate of drug-likeness (QED) is 0.260. The number of fused-ring (bicyclic) bond motifs is 2. The highest BCUT2D eigenvalue weighted by Crippen LogP contribution is 2.39. The topological polar surface area (TPSA) is 90.9 Å². The van der Waals surface area contributed by atoms with Crippen LogP contribution < -0.4 is 4.90 Å². The van der Waals surface area contributed by atoms with Crippen molar-refractivity contribution in [1.29, 1.82) is 0 Å². The largest absolute Gasteiger partial charge is 0.367 e. The van der Waals surface area contributed by atoms with E-state index in [0.29, 0.717) is 66.0 Å². The van der Waals surface area contributed by atoms with Crippen LogP contribution in [0.1, 0.15) is 33.6 Å². The Morgan fingerprint density at radius 1 is 0.952 bits per heavy atom. The van der Waals surface area contributed by atoms with E-state index in [9.17, 15) is 9.18 Å². The zero-order chi connectivity index (χ0) is 28.8. The molecule has 1 saturated heterocycles. The van der Waals surface area contributed by atoms with Gasteiger partial charge in [0.05, 0.1) is 32.5 Å². The number of aromatic nitrogens is 5. The van der Waals surface area contributed by atoms with Crippen LogP contribution in [0.15, 0.2) is 60.7 Å². The molecule has 3 heterocycles. The van der Waals surface area contributed by atoms with Gasteiger partial charge < -0.3 is 9.80 Å². The molecule has 11 heteroatoms. The minimum absolute atomic E-state index is 0.0202. The van der Waals surface area contributed by atoms with E-state index in [1.54, 1.807) is 18.2 Å². The van der Waals surface area contributed by atoms with Crippen LogP contribution in [0.3, 0.4) is 0 Å². The summed E-state index contributed by atoms with van der Waals surface area (Å²) in [6.07, 6.45) is 3.07. The summed E-state index contributed by atoms with van der Waals surface area (Å²) in [5.74, 6) is 0.0715. The first-order chi connectivity index (χ1) is 20.5. The van der Waals surface area contributed by atoms with E-state index in [1.807, 2.05) is 47.4 Å². The van der Waals surface area contributed by atoms with Gasteiger partial charge in [-0.15, -0.1) is 10.2 Å². The number of aromatic amines is 1. The second kappa shape index (κ2) is 10.8. The molecule has 0 saturated carbocycles. The third-order valence-electron chi connectivity index (χ3n) is 7.93. The fraction of sp³-hybridized carbons (Fsp3) is 0.194. The first kappa shape index (κ1) is 26.6. The smallest absolute Gasteiger partial charge is 0.255 e. The number of nitrogens with one attached hydrogen (secondary N) is 1. The van der Waals surface area contributed by atoms with Crippen LogP contribution in [0.4, 0.5) is 10.1 Å². The van der Waals surface area contributed by atoms with Crippen molar-refractivity contribution in [3.8, 4) is 11.4 Å². The van der Waals surface area contributed by atoms with E-state index in [2.05, 4.69) is 25.5 Å². The maximum absolute atomic E-state index is 14.6. The van der Waals surface area contributed by atoms with Crippen molar-refractivity contribution in [2.75, 3.05) is 31.1 Å². The number of pyridine rings is 1. The lowest BCUT2D eigenvalue weighted by atomic mass is 9.99. The highest BCUT2D eigenvalue weighted by molar-refractivity contribution is 6.33. The SMILES string of the molecule is O=C(c1c2c(nc3ccccc13)/C(=C/c1c(F)cccc1Cl)CC2)N1CCN(c2ccc(-c3nn[nH]n3)cc2Cl)CC1. The van der Waals surface area contributed by atoms with Crippen LogP contribution in [0.2, 0.25) is 10.0 Å². The minimum atomic E-state index is -0.386. The molecule has 1 N–H and O–H groups in total. The molecule has 42 heavy (non-hydrogen) atoms. The molecule has 0 spiro atoms. The van der Waals surface area contributed by atoms with Crippen LogP contribution >= 0.6 is 23.2 Å². The Balaban J connectivity index is 1.17. The number of allylic oxidation sites excluding steroid dienone is 1. The predicted molar refractivity (Wildman–Crippen MR) is 162 cm³/mol. The first-order valence-electron chi connectivity index (χ1n) is 13.6. The Bertz CT molecular complexity index is 1850. The lowest BCUT2D eigenvalue weighted by Gasteiger charge is -2.37. The summed E-state index contributed by atoms with van der Waals surface area (Å²) in [4.78, 5) is 23.2. The van der Waals surface area contributed by atoms with E-state index >= 15 is 0 Å². The molecule has 5 aromatic rings. The number of para-hydroxylation sites is 1. The average molecular weight is 600 g/mol. The van der Waals surface area contributed by atoms with Crippen molar-refractivity contribution in [2.45, 2.75) is 12.8 Å². The van der Waals surface area contributed by atoms with Crippen molar-refractivity contribution >= 4 is 57.3 Å². The molecule has 1 amide bonds. The molecule has 8 nitrogen and oxygen atoms in total. The Hall–Kier alpha value is -4.34. The van der Waals surface area contributed by atoms with Gasteiger partial charge in [-0.05, 0) is 71.7 Å². The van der Waals surface area contributed by atoms with Gasteiger partial charge >= 0.3 is 0 Å². The summed E-state index contributed by atoms with van der Waals surface area (Å²) < 4.78 is 14.6. The fourth-order valence-electron chi connectivity index (χ4n) is 5.84. The minimum Gasteiger partial charge on any atom is -0.367 e. The molecule has 7 rings (SSSR count). The third kappa shape index (κ3) is 4.68. The number of rotatable bonds is 4. The normalized spacial score (nSPS) is 15.9. The number of nitrogens with zero attached hydrogens (tertiary/aromatic N) is 6. The number of anilines is 1. The summed E-state index contributed by atoms with van der Waals surface area (Å²) in [5.41, 5.74) is 5.94. The molecule has 1 aliphatic carbocycles. The van der Waals surface area contributed by atoms with Crippen LogP contribution in [-0.4, -0.2) is 62.6 Å². The molecule has 0 unspecified atom stereocenters. The fourth-order valence-corrected chi connectivity index (χ4v) is 6.36. The van der Waals surface area contributed by atoms with Crippen LogP contribution in [-0.2, 0) is 6.42 Å². The number of H-pyrrole nitrogens is 1. The Kier molecular flexibility index (Phi) is 6.84. The molecule has 0 atom stereocenters. The van der Waals surface area contributed by atoms with Crippen molar-refractivity contribution in [3.63, 3.8) is 0 Å². The highest BCUT2D eigenvalue weighted by atomic mass is 35.5. The van der Waals surface area contributed by atoms with Crippen LogP contribution in [0, 0.1) is 5.82 Å². The molecular weight excluding hydrogens is 576 g/mol. The third-order valence-corrected chi connectivity index (χ3v) is 8.57. The van der Waals surface area contributed by atoms with E-state index in [4.69, 9.17) is 28.2 Å². The number of amides is 1. The summed E-state index contributed by atoms with van der Waals surface area (Å²) in [5, 5.41) is 15.8. The van der Waals surface area contributed by atoms with E-state index in [0.717, 1.165) is 39.0 Å². The van der Waals surface area contributed by atoms with Gasteiger partial charge in [-0.2, -0.15) is 5.21 Å². The Labute approximate surface area is 250 Å². The predicted octanol–water partition coefficient (Wildman–Crippen LogP) is 6.31. The molecule has 3 aromatic carbocycles. The van der Waals surface area contributed by atoms with E-state index in [1.165, 1.54) is 6.07 Å². The molecule has 0 radical (unpaired) electrons. The number of hydrogen-bond acceptors (Lipinski definition) is 6. The van der Waals surface area contributed by atoms with Gasteiger partial charge in [0, 0.05) is 42.7 Å². The summed E-state index contributed by atoms with van der Waals surface area (Å²) in [6.45, 7) is 2.35. The standard InChI is InChI=1S/C31H24Cl2FN7O/c32-23-5-3-6-25(34)22(23)16-18-8-10-21-28(20-4-1-2-7-26(20)35-29(18)21)31(42)41-14-12-40(13-15-41)27-11-9-19(17-24(27)33)30-36-38-39-37-30/h1-7,9,11,16-17H,8,10,12-15H2,(H,36,37,38,39)/b18-16+. The van der Waals surface area contributed by atoms with Crippen molar-refractivity contribution in [1.82, 2.24) is 30.5 Å². The van der Waals surface area contributed by atoms with Gasteiger partial charge in [0.2, 0.25) is 5.82 Å². The lowest BCUT2D eigenvalue weighted by molar-refractivity contribution is 0.0747. The number of piperazine rings is 1. The van der Waals surface area contributed by atoms with Crippen LogP contribution in [0.5, 0.6) is 0 Å². The second-order valence-corrected chi connectivity index (χ2v) is 11.1.